The van der Waals surface area contributed by atoms with Crippen molar-refractivity contribution in [3.8, 4) is 0 Å². The Morgan fingerprint density at radius 1 is 1.00 bits per heavy atom. The lowest BCUT2D eigenvalue weighted by Gasteiger charge is -2.51. The third-order valence-corrected chi connectivity index (χ3v) is 9.40. The maximum Gasteiger partial charge on any atom is 0.217 e. The van der Waals surface area contributed by atoms with Gasteiger partial charge in [0.05, 0.1) is 0 Å². The van der Waals surface area contributed by atoms with E-state index >= 15 is 0 Å². The molecule has 0 spiro atoms. The monoisotopic (exact) mass is 425 g/mol. The van der Waals surface area contributed by atoms with E-state index in [1.54, 1.807) is 5.57 Å². The Balaban J connectivity index is 1.28. The number of carbonyl (C=O) groups excluding carboxylic acids is 1. The van der Waals surface area contributed by atoms with E-state index in [2.05, 4.69) is 13.0 Å². The van der Waals surface area contributed by atoms with Gasteiger partial charge in [0.15, 0.2) is 0 Å². The van der Waals surface area contributed by atoms with Crippen LogP contribution in [0.1, 0.15) is 129 Å². The van der Waals surface area contributed by atoms with E-state index in [1.807, 2.05) is 11.1 Å². The van der Waals surface area contributed by atoms with E-state index in [1.165, 1.54) is 109 Å². The first-order chi connectivity index (χ1) is 15.1. The van der Waals surface area contributed by atoms with Crippen molar-refractivity contribution in [2.75, 3.05) is 0 Å². The van der Waals surface area contributed by atoms with Gasteiger partial charge in [-0.15, -0.1) is 0 Å². The maximum absolute atomic E-state index is 10.8. The molecule has 4 aliphatic carbocycles. The van der Waals surface area contributed by atoms with Crippen LogP contribution >= 0.6 is 0 Å². The predicted octanol–water partition coefficient (Wildman–Crippen LogP) is 8.02. The predicted molar refractivity (Wildman–Crippen MR) is 131 cm³/mol. The molecule has 4 atom stereocenters. The van der Waals surface area contributed by atoms with Gasteiger partial charge in [-0.05, 0) is 98.5 Å². The van der Waals surface area contributed by atoms with Crippen LogP contribution < -0.4 is 5.73 Å². The average molecular weight is 426 g/mol. The number of fused-ring (bicyclic) bond motifs is 4. The van der Waals surface area contributed by atoms with E-state index in [0.717, 1.165) is 24.2 Å². The van der Waals surface area contributed by atoms with E-state index in [4.69, 9.17) is 5.73 Å². The zero-order valence-corrected chi connectivity index (χ0v) is 20.2. The van der Waals surface area contributed by atoms with Gasteiger partial charge in [-0.1, -0.05) is 69.9 Å². The minimum Gasteiger partial charge on any atom is -0.370 e. The van der Waals surface area contributed by atoms with Gasteiger partial charge in [-0.2, -0.15) is 0 Å². The Hall–Kier alpha value is -1.05. The zero-order valence-electron chi connectivity index (χ0n) is 20.2. The quantitative estimate of drug-likeness (QED) is 0.335. The molecule has 2 saturated carbocycles. The molecule has 0 aromatic heterocycles. The number of allylic oxidation sites excluding steroid dienone is 4. The fraction of sp³-hybridized carbons (Fsp3) is 0.828. The van der Waals surface area contributed by atoms with Crippen molar-refractivity contribution in [3.63, 3.8) is 0 Å². The first-order valence-corrected chi connectivity index (χ1v) is 13.8. The van der Waals surface area contributed by atoms with Gasteiger partial charge >= 0.3 is 0 Å². The number of amides is 1. The topological polar surface area (TPSA) is 43.1 Å². The fourth-order valence-electron chi connectivity index (χ4n) is 7.96. The van der Waals surface area contributed by atoms with E-state index in [-0.39, 0.29) is 5.91 Å². The van der Waals surface area contributed by atoms with Gasteiger partial charge in [-0.3, -0.25) is 4.79 Å². The first-order valence-electron chi connectivity index (χ1n) is 13.8. The molecule has 4 aliphatic rings. The van der Waals surface area contributed by atoms with Crippen molar-refractivity contribution in [3.05, 3.63) is 22.8 Å². The summed E-state index contributed by atoms with van der Waals surface area (Å²) in [7, 11) is 0. The number of unbranched alkanes of at least 4 members (excludes halogenated alkanes) is 7. The summed E-state index contributed by atoms with van der Waals surface area (Å²) in [5, 5.41) is 0. The van der Waals surface area contributed by atoms with Crippen LogP contribution in [0.5, 0.6) is 0 Å². The number of rotatable bonds is 11. The van der Waals surface area contributed by atoms with Crippen LogP contribution in [-0.2, 0) is 4.79 Å². The normalized spacial score (nSPS) is 32.3. The molecule has 31 heavy (non-hydrogen) atoms. The Kier molecular flexibility index (Phi) is 7.99. The molecule has 2 heteroatoms. The van der Waals surface area contributed by atoms with Crippen LogP contribution in [0.4, 0.5) is 0 Å². The minimum absolute atomic E-state index is 0.146. The van der Waals surface area contributed by atoms with Crippen molar-refractivity contribution in [2.45, 2.75) is 129 Å². The molecule has 0 aromatic carbocycles. The molecule has 174 valence electrons. The summed E-state index contributed by atoms with van der Waals surface area (Å²) in [4.78, 5) is 10.8. The molecular formula is C29H47NO. The minimum atomic E-state index is -0.146. The highest BCUT2D eigenvalue weighted by molar-refractivity contribution is 5.73. The van der Waals surface area contributed by atoms with Crippen molar-refractivity contribution >= 4 is 5.91 Å². The molecule has 1 amide bonds. The summed E-state index contributed by atoms with van der Waals surface area (Å²) in [6.07, 6.45) is 27.8. The number of carbonyl (C=O) groups is 1. The summed E-state index contributed by atoms with van der Waals surface area (Å²) in [5.74, 6) is 2.66. The lowest BCUT2D eigenvalue weighted by atomic mass is 9.54. The highest BCUT2D eigenvalue weighted by Crippen LogP contribution is 2.62. The maximum atomic E-state index is 10.8. The van der Waals surface area contributed by atoms with Crippen LogP contribution in [0.25, 0.3) is 0 Å². The van der Waals surface area contributed by atoms with Crippen LogP contribution in [0.15, 0.2) is 22.8 Å². The van der Waals surface area contributed by atoms with Crippen LogP contribution in [0, 0.1) is 23.2 Å². The summed E-state index contributed by atoms with van der Waals surface area (Å²) >= 11 is 0. The summed E-state index contributed by atoms with van der Waals surface area (Å²) in [5.41, 5.74) is 11.5. The molecule has 0 bridgehead atoms. The largest absolute Gasteiger partial charge is 0.370 e. The van der Waals surface area contributed by atoms with E-state index < -0.39 is 0 Å². The summed E-state index contributed by atoms with van der Waals surface area (Å²) in [6, 6.07) is 0. The van der Waals surface area contributed by atoms with Gasteiger partial charge in [0, 0.05) is 6.42 Å². The standard InChI is InChI=1S/C29H47NO/c1-29-20-12-16-26(29)25-19-18-22-13-10-11-15-24(22)28(25)23(21-29)14-8-6-4-2-3-5-7-9-17-27(30)31/h13,23,25-26H,2-12,14-21H2,1H3,(H2,30,31)/t23-,25-,26-,29-/m0/s1. The molecule has 4 rings (SSSR count). The molecular weight excluding hydrogens is 378 g/mol. The van der Waals surface area contributed by atoms with E-state index in [9.17, 15) is 4.79 Å². The third kappa shape index (κ3) is 5.48. The number of hydrogen-bond acceptors (Lipinski definition) is 1. The molecule has 0 aromatic rings. The highest BCUT2D eigenvalue weighted by atomic mass is 16.1. The molecule has 2 N–H and O–H groups in total. The molecule has 0 radical (unpaired) electrons. The number of hydrogen-bond donors (Lipinski definition) is 1. The molecule has 2 nitrogen and oxygen atoms in total. The smallest absolute Gasteiger partial charge is 0.217 e. The molecule has 0 unspecified atom stereocenters. The molecule has 0 saturated heterocycles. The van der Waals surface area contributed by atoms with Crippen LogP contribution in [-0.4, -0.2) is 5.91 Å². The Morgan fingerprint density at radius 2 is 1.74 bits per heavy atom. The Labute approximate surface area is 191 Å². The number of primary amides is 1. The second kappa shape index (κ2) is 10.7. The van der Waals surface area contributed by atoms with E-state index in [0.29, 0.717) is 11.8 Å². The van der Waals surface area contributed by atoms with Crippen LogP contribution in [0.3, 0.4) is 0 Å². The lowest BCUT2D eigenvalue weighted by Crippen LogP contribution is -2.41. The molecule has 2 fully saturated rings. The molecule has 0 aliphatic heterocycles. The molecule has 0 heterocycles. The average Bonchev–Trinajstić information content (AvgIpc) is 3.15. The van der Waals surface area contributed by atoms with Crippen molar-refractivity contribution in [2.24, 2.45) is 28.9 Å². The zero-order chi connectivity index (χ0) is 21.7. The third-order valence-electron chi connectivity index (χ3n) is 9.40. The van der Waals surface area contributed by atoms with Gasteiger partial charge in [0.25, 0.3) is 0 Å². The lowest BCUT2D eigenvalue weighted by molar-refractivity contribution is -0.118. The van der Waals surface area contributed by atoms with Crippen molar-refractivity contribution < 1.29 is 4.79 Å². The van der Waals surface area contributed by atoms with Gasteiger partial charge < -0.3 is 5.73 Å². The fourth-order valence-corrected chi connectivity index (χ4v) is 7.96. The first kappa shape index (κ1) is 23.1. The summed E-state index contributed by atoms with van der Waals surface area (Å²) in [6.45, 7) is 2.66. The Morgan fingerprint density at radius 3 is 2.52 bits per heavy atom. The van der Waals surface area contributed by atoms with Crippen LogP contribution in [0.2, 0.25) is 0 Å². The number of nitrogens with two attached hydrogens (primary N) is 1. The van der Waals surface area contributed by atoms with Crippen molar-refractivity contribution in [1.29, 1.82) is 0 Å². The van der Waals surface area contributed by atoms with Gasteiger partial charge in [0.1, 0.15) is 0 Å². The van der Waals surface area contributed by atoms with Gasteiger partial charge in [0.2, 0.25) is 5.91 Å². The highest BCUT2D eigenvalue weighted by Gasteiger charge is 2.51. The SMILES string of the molecule is C[C@@]12CCC[C@H]1[C@@H]1CCC3=CCCCC3=C1[C@@H](CCCCCCCCCCC(N)=O)C2. The summed E-state index contributed by atoms with van der Waals surface area (Å²) < 4.78 is 0. The second-order valence-corrected chi connectivity index (χ2v) is 11.6. The second-order valence-electron chi connectivity index (χ2n) is 11.6. The Bertz CT molecular complexity index is 689. The van der Waals surface area contributed by atoms with Crippen molar-refractivity contribution in [1.82, 2.24) is 0 Å². The van der Waals surface area contributed by atoms with Gasteiger partial charge in [-0.25, -0.2) is 0 Å².